The molecule has 0 spiro atoms. The highest BCUT2D eigenvalue weighted by Crippen LogP contribution is 2.29. The summed E-state index contributed by atoms with van der Waals surface area (Å²) < 4.78 is 5.52. The third-order valence-electron chi connectivity index (χ3n) is 2.08. The number of anilines is 1. The van der Waals surface area contributed by atoms with E-state index in [2.05, 4.69) is 39.4 Å². The lowest BCUT2D eigenvalue weighted by atomic mass is 10.2. The van der Waals surface area contributed by atoms with Gasteiger partial charge in [-0.1, -0.05) is 6.07 Å². The number of rotatable bonds is 0. The number of hydrogen-bond acceptors (Lipinski definition) is 2. The number of nitrogens with zero attached hydrogens (tertiary/aromatic N) is 1. The summed E-state index contributed by atoms with van der Waals surface area (Å²) in [7, 11) is 4.76. The van der Waals surface area contributed by atoms with Crippen molar-refractivity contribution in [3.05, 3.63) is 18.2 Å². The molecule has 0 radical (unpaired) electrons. The highest BCUT2D eigenvalue weighted by molar-refractivity contribution is 7.27. The summed E-state index contributed by atoms with van der Waals surface area (Å²) in [4.78, 5) is 2.21. The monoisotopic (exact) mass is 181 g/mol. The van der Waals surface area contributed by atoms with E-state index in [4.69, 9.17) is 4.74 Å². The molecule has 1 aliphatic heterocycles. The van der Waals surface area contributed by atoms with Crippen LogP contribution in [0.3, 0.4) is 0 Å². The lowest BCUT2D eigenvalue weighted by Crippen LogP contribution is -2.29. The lowest BCUT2D eigenvalue weighted by Gasteiger charge is -2.27. The maximum absolute atomic E-state index is 5.52. The van der Waals surface area contributed by atoms with E-state index in [1.165, 1.54) is 11.0 Å². The van der Waals surface area contributed by atoms with E-state index in [0.717, 1.165) is 18.9 Å². The molecular weight excluding hydrogens is 169 g/mol. The van der Waals surface area contributed by atoms with Crippen molar-refractivity contribution >= 4 is 20.2 Å². The van der Waals surface area contributed by atoms with Crippen LogP contribution in [0.15, 0.2) is 18.2 Å². The van der Waals surface area contributed by atoms with E-state index in [9.17, 15) is 0 Å². The molecule has 2 rings (SSSR count). The minimum Gasteiger partial charge on any atom is -0.490 e. The molecular formula is C9H12NOP. The third kappa shape index (κ3) is 1.27. The van der Waals surface area contributed by atoms with Gasteiger partial charge in [-0.3, -0.25) is 0 Å². The second-order valence-electron chi connectivity index (χ2n) is 3.00. The summed E-state index contributed by atoms with van der Waals surface area (Å²) >= 11 is 0. The zero-order chi connectivity index (χ0) is 8.55. The Labute approximate surface area is 74.7 Å². The quantitative estimate of drug-likeness (QED) is 0.554. The molecule has 3 heteroatoms. The third-order valence-corrected chi connectivity index (χ3v) is 2.44. The second-order valence-corrected chi connectivity index (χ2v) is 3.66. The van der Waals surface area contributed by atoms with Crippen molar-refractivity contribution in [3.8, 4) is 5.75 Å². The molecule has 1 heterocycles. The Morgan fingerprint density at radius 3 is 3.17 bits per heavy atom. The van der Waals surface area contributed by atoms with Crippen molar-refractivity contribution in [1.82, 2.24) is 0 Å². The van der Waals surface area contributed by atoms with E-state index in [1.54, 1.807) is 0 Å². The predicted octanol–water partition coefficient (Wildman–Crippen LogP) is 1.02. The van der Waals surface area contributed by atoms with Gasteiger partial charge in [0.15, 0.2) is 0 Å². The van der Waals surface area contributed by atoms with Crippen LogP contribution in [0.4, 0.5) is 5.69 Å². The molecule has 1 unspecified atom stereocenters. The average Bonchev–Trinajstić information content (AvgIpc) is 2.04. The Morgan fingerprint density at radius 2 is 2.33 bits per heavy atom. The Kier molecular flexibility index (Phi) is 1.93. The molecule has 0 N–H and O–H groups in total. The van der Waals surface area contributed by atoms with Crippen LogP contribution in [0.5, 0.6) is 5.75 Å². The molecule has 0 fully saturated rings. The fraction of sp³-hybridized carbons (Fsp3) is 0.333. The van der Waals surface area contributed by atoms with Crippen molar-refractivity contribution in [2.45, 2.75) is 0 Å². The average molecular weight is 181 g/mol. The van der Waals surface area contributed by atoms with Crippen LogP contribution < -0.4 is 14.9 Å². The van der Waals surface area contributed by atoms with Gasteiger partial charge in [0.25, 0.3) is 0 Å². The van der Waals surface area contributed by atoms with Crippen LogP contribution in [0.1, 0.15) is 0 Å². The molecule has 0 saturated heterocycles. The lowest BCUT2D eigenvalue weighted by molar-refractivity contribution is 0.311. The van der Waals surface area contributed by atoms with E-state index >= 15 is 0 Å². The molecule has 64 valence electrons. The number of hydrogen-bond donors (Lipinski definition) is 0. The first-order valence-corrected chi connectivity index (χ1v) is 4.58. The molecule has 12 heavy (non-hydrogen) atoms. The molecule has 1 aromatic rings. The zero-order valence-electron chi connectivity index (χ0n) is 7.08. The van der Waals surface area contributed by atoms with E-state index in [1.807, 2.05) is 0 Å². The van der Waals surface area contributed by atoms with Gasteiger partial charge in [-0.05, 0) is 17.4 Å². The molecule has 1 aromatic carbocycles. The van der Waals surface area contributed by atoms with Crippen molar-refractivity contribution in [2.75, 3.05) is 25.1 Å². The number of ether oxygens (including phenoxy) is 1. The summed E-state index contributed by atoms with van der Waals surface area (Å²) in [6, 6.07) is 6.22. The zero-order valence-corrected chi connectivity index (χ0v) is 8.23. The van der Waals surface area contributed by atoms with Gasteiger partial charge >= 0.3 is 0 Å². The van der Waals surface area contributed by atoms with Crippen molar-refractivity contribution in [2.24, 2.45) is 0 Å². The van der Waals surface area contributed by atoms with Gasteiger partial charge in [-0.15, -0.1) is 9.24 Å². The largest absolute Gasteiger partial charge is 0.490 e. The van der Waals surface area contributed by atoms with Gasteiger partial charge in [0.1, 0.15) is 12.4 Å². The van der Waals surface area contributed by atoms with Crippen molar-refractivity contribution < 1.29 is 4.74 Å². The van der Waals surface area contributed by atoms with Crippen molar-refractivity contribution in [3.63, 3.8) is 0 Å². The standard InChI is InChI=1S/C9H12NOP/c1-10-4-5-11-9-6-7(12)2-3-8(9)10/h2-3,6H,4-5,12H2,1H3. The van der Waals surface area contributed by atoms with Crippen LogP contribution in [-0.2, 0) is 0 Å². The predicted molar refractivity (Wildman–Crippen MR) is 54.6 cm³/mol. The highest BCUT2D eigenvalue weighted by Gasteiger charge is 2.13. The molecule has 0 saturated carbocycles. The van der Waals surface area contributed by atoms with E-state index in [0.29, 0.717) is 0 Å². The highest BCUT2D eigenvalue weighted by atomic mass is 31.0. The fourth-order valence-electron chi connectivity index (χ4n) is 1.37. The van der Waals surface area contributed by atoms with Crippen LogP contribution in [0.25, 0.3) is 0 Å². The van der Waals surface area contributed by atoms with Gasteiger partial charge in [-0.2, -0.15) is 0 Å². The van der Waals surface area contributed by atoms with Gasteiger partial charge in [-0.25, -0.2) is 0 Å². The summed E-state index contributed by atoms with van der Waals surface area (Å²) in [6.07, 6.45) is 0. The van der Waals surface area contributed by atoms with Gasteiger partial charge in [0.2, 0.25) is 0 Å². The minimum atomic E-state index is 0.789. The number of fused-ring (bicyclic) bond motifs is 1. The van der Waals surface area contributed by atoms with Gasteiger partial charge < -0.3 is 9.64 Å². The van der Waals surface area contributed by atoms with E-state index < -0.39 is 0 Å². The Hall–Kier alpha value is -0.750. The van der Waals surface area contributed by atoms with Crippen LogP contribution in [0, 0.1) is 0 Å². The number of likely N-dealkylation sites (N-methyl/N-ethyl adjacent to an activating group) is 1. The summed E-state index contributed by atoms with van der Waals surface area (Å²) in [5, 5.41) is 1.17. The Bertz CT molecular complexity index is 301. The molecule has 1 atom stereocenters. The Morgan fingerprint density at radius 1 is 1.50 bits per heavy atom. The summed E-state index contributed by atoms with van der Waals surface area (Å²) in [5.41, 5.74) is 1.19. The molecule has 0 aromatic heterocycles. The first-order chi connectivity index (χ1) is 5.77. The number of benzene rings is 1. The Balaban J connectivity index is 2.46. The first kappa shape index (κ1) is 7.88. The molecule has 0 amide bonds. The summed E-state index contributed by atoms with van der Waals surface area (Å²) in [5.74, 6) is 0.997. The fourth-order valence-corrected chi connectivity index (χ4v) is 1.62. The normalized spacial score (nSPS) is 15.3. The molecule has 2 nitrogen and oxygen atoms in total. The van der Waals surface area contributed by atoms with E-state index in [-0.39, 0.29) is 0 Å². The van der Waals surface area contributed by atoms with Crippen LogP contribution in [-0.4, -0.2) is 20.2 Å². The van der Waals surface area contributed by atoms with Gasteiger partial charge in [0.05, 0.1) is 12.2 Å². The van der Waals surface area contributed by atoms with Gasteiger partial charge in [0, 0.05) is 7.05 Å². The molecule has 0 aliphatic carbocycles. The summed E-state index contributed by atoms with van der Waals surface area (Å²) in [6.45, 7) is 1.76. The maximum Gasteiger partial charge on any atom is 0.143 e. The van der Waals surface area contributed by atoms with Crippen LogP contribution >= 0.6 is 9.24 Å². The maximum atomic E-state index is 5.52. The van der Waals surface area contributed by atoms with Crippen LogP contribution in [0.2, 0.25) is 0 Å². The van der Waals surface area contributed by atoms with Crippen molar-refractivity contribution in [1.29, 1.82) is 0 Å². The minimum absolute atomic E-state index is 0.789. The smallest absolute Gasteiger partial charge is 0.143 e. The second kappa shape index (κ2) is 2.95. The molecule has 0 bridgehead atoms. The molecule has 1 aliphatic rings. The SMILES string of the molecule is CN1CCOc2cc(P)ccc21. The topological polar surface area (TPSA) is 12.5 Å². The first-order valence-electron chi connectivity index (χ1n) is 4.01.